The number of thioether (sulfide) groups is 1. The molecule has 1 aromatic carbocycles. The van der Waals surface area contributed by atoms with E-state index in [1.807, 2.05) is 58.0 Å². The summed E-state index contributed by atoms with van der Waals surface area (Å²) >= 11 is 3.90. The van der Waals surface area contributed by atoms with Crippen LogP contribution in [-0.2, 0) is 19.8 Å². The lowest BCUT2D eigenvalue weighted by Crippen LogP contribution is -2.34. The minimum Gasteiger partial charge on any atom is -0.465 e. The second-order valence-electron chi connectivity index (χ2n) is 6.60. The fraction of sp³-hybridized carbons (Fsp3) is 0.579. The van der Waals surface area contributed by atoms with Crippen LogP contribution < -0.4 is 0 Å². The molecule has 0 N–H and O–H groups in total. The van der Waals surface area contributed by atoms with Crippen molar-refractivity contribution < 1.29 is 18.9 Å². The third-order valence-corrected chi connectivity index (χ3v) is 13.0. The highest BCUT2D eigenvalue weighted by Crippen LogP contribution is 2.71. The Labute approximate surface area is 181 Å². The standard InChI is InChI=1S/C19H30NO4PS3/c1-6-24-18(21)12-20(14-25(23,27-15(2)3)28-16(4)5)19(22)26-13-17-10-8-7-9-11-17/h7-11,15-16H,6,12-14H2,1-5H3. The van der Waals surface area contributed by atoms with Gasteiger partial charge in [0, 0.05) is 16.3 Å². The first-order valence-corrected chi connectivity index (χ1v) is 15.1. The molecule has 0 saturated heterocycles. The Bertz CT molecular complexity index is 656. The Balaban J connectivity index is 2.93. The molecule has 1 aromatic rings. The SMILES string of the molecule is CCOC(=O)CN(CP(=O)(SC(C)C)SC(C)C)C(=O)SCc1ccccc1. The van der Waals surface area contributed by atoms with Crippen LogP contribution in [0.15, 0.2) is 30.3 Å². The van der Waals surface area contributed by atoms with Gasteiger partial charge in [-0.25, -0.2) is 0 Å². The molecule has 5 nitrogen and oxygen atoms in total. The Morgan fingerprint density at radius 3 is 2.14 bits per heavy atom. The molecule has 9 heteroatoms. The van der Waals surface area contributed by atoms with E-state index >= 15 is 0 Å². The molecule has 1 amide bonds. The monoisotopic (exact) mass is 463 g/mol. The fourth-order valence-electron chi connectivity index (χ4n) is 2.29. The number of carbonyl (C=O) groups excluding carboxylic acids is 2. The van der Waals surface area contributed by atoms with Gasteiger partial charge in [0.1, 0.15) is 6.54 Å². The number of nitrogens with zero attached hydrogens (tertiary/aromatic N) is 1. The zero-order valence-electron chi connectivity index (χ0n) is 17.1. The molecular formula is C19H30NO4PS3. The molecule has 28 heavy (non-hydrogen) atoms. The number of hydrogen-bond donors (Lipinski definition) is 0. The summed E-state index contributed by atoms with van der Waals surface area (Å²) in [6.45, 7) is 9.73. The van der Waals surface area contributed by atoms with Gasteiger partial charge in [-0.1, -0.05) is 92.6 Å². The van der Waals surface area contributed by atoms with Crippen LogP contribution in [0.5, 0.6) is 0 Å². The maximum absolute atomic E-state index is 13.5. The number of hydrogen-bond acceptors (Lipinski definition) is 7. The van der Waals surface area contributed by atoms with E-state index in [0.29, 0.717) is 5.75 Å². The van der Waals surface area contributed by atoms with E-state index in [1.54, 1.807) is 6.92 Å². The van der Waals surface area contributed by atoms with Crippen LogP contribution in [0.2, 0.25) is 0 Å². The van der Waals surface area contributed by atoms with Crippen molar-refractivity contribution in [3.8, 4) is 0 Å². The predicted molar refractivity (Wildman–Crippen MR) is 124 cm³/mol. The van der Waals surface area contributed by atoms with Crippen molar-refractivity contribution in [1.29, 1.82) is 0 Å². The Kier molecular flexibility index (Phi) is 11.7. The largest absolute Gasteiger partial charge is 0.465 e. The first-order chi connectivity index (χ1) is 13.1. The van der Waals surface area contributed by atoms with Crippen molar-refractivity contribution in [3.63, 3.8) is 0 Å². The van der Waals surface area contributed by atoms with Crippen molar-refractivity contribution >= 4 is 51.3 Å². The molecule has 0 radical (unpaired) electrons. The normalized spacial score (nSPS) is 11.7. The number of benzene rings is 1. The van der Waals surface area contributed by atoms with Gasteiger partial charge in [-0.2, -0.15) is 0 Å². The lowest BCUT2D eigenvalue weighted by Gasteiger charge is -2.28. The minimum atomic E-state index is -2.80. The van der Waals surface area contributed by atoms with Crippen molar-refractivity contribution in [2.75, 3.05) is 19.4 Å². The highest BCUT2D eigenvalue weighted by atomic mass is 33.1. The number of rotatable bonds is 11. The summed E-state index contributed by atoms with van der Waals surface area (Å²) in [4.78, 5) is 26.3. The second kappa shape index (κ2) is 12.9. The van der Waals surface area contributed by atoms with E-state index in [9.17, 15) is 14.2 Å². The van der Waals surface area contributed by atoms with E-state index in [2.05, 4.69) is 0 Å². The predicted octanol–water partition coefficient (Wildman–Crippen LogP) is 6.34. The lowest BCUT2D eigenvalue weighted by molar-refractivity contribution is -0.143. The molecule has 0 atom stereocenters. The van der Waals surface area contributed by atoms with Gasteiger partial charge in [0.25, 0.3) is 5.24 Å². The number of amides is 1. The molecule has 0 fully saturated rings. The van der Waals surface area contributed by atoms with Gasteiger partial charge in [-0.3, -0.25) is 14.2 Å². The molecule has 0 bridgehead atoms. The van der Waals surface area contributed by atoms with E-state index < -0.39 is 11.5 Å². The van der Waals surface area contributed by atoms with Crippen molar-refractivity contribution in [2.24, 2.45) is 0 Å². The molecule has 1 rings (SSSR count). The number of carbonyl (C=O) groups is 2. The molecule has 158 valence electrons. The molecule has 0 unspecified atom stereocenters. The molecule has 0 saturated carbocycles. The minimum absolute atomic E-state index is 0.0537. The smallest absolute Gasteiger partial charge is 0.325 e. The average Bonchev–Trinajstić information content (AvgIpc) is 2.58. The van der Waals surface area contributed by atoms with Crippen molar-refractivity contribution in [1.82, 2.24) is 4.90 Å². The van der Waals surface area contributed by atoms with Gasteiger partial charge in [0.15, 0.2) is 0 Å². The highest BCUT2D eigenvalue weighted by Gasteiger charge is 2.32. The first-order valence-electron chi connectivity index (χ1n) is 9.22. The zero-order chi connectivity index (χ0) is 21.2. The van der Waals surface area contributed by atoms with Crippen LogP contribution in [0.25, 0.3) is 0 Å². The van der Waals surface area contributed by atoms with Crippen LogP contribution in [0, 0.1) is 0 Å². The van der Waals surface area contributed by atoms with Crippen LogP contribution in [0.4, 0.5) is 4.79 Å². The summed E-state index contributed by atoms with van der Waals surface area (Å²) in [6.07, 6.45) is 0.0537. The maximum atomic E-state index is 13.5. The van der Waals surface area contributed by atoms with Crippen molar-refractivity contribution in [3.05, 3.63) is 35.9 Å². The van der Waals surface area contributed by atoms with Gasteiger partial charge < -0.3 is 9.64 Å². The van der Waals surface area contributed by atoms with Gasteiger partial charge in [0.2, 0.25) is 5.55 Å². The molecule has 0 aromatic heterocycles. The van der Waals surface area contributed by atoms with Gasteiger partial charge in [-0.05, 0) is 12.5 Å². The summed E-state index contributed by atoms with van der Waals surface area (Å²) in [6, 6.07) is 9.66. The average molecular weight is 464 g/mol. The number of ether oxygens (including phenoxy) is 1. The van der Waals surface area contributed by atoms with Gasteiger partial charge in [-0.15, -0.1) is 0 Å². The quantitative estimate of drug-likeness (QED) is 0.280. The summed E-state index contributed by atoms with van der Waals surface area (Å²) in [5.74, 6) is 0.0182. The summed E-state index contributed by atoms with van der Waals surface area (Å²) < 4.78 is 18.5. The van der Waals surface area contributed by atoms with Crippen LogP contribution >= 0.6 is 40.1 Å². The maximum Gasteiger partial charge on any atom is 0.325 e. The highest BCUT2D eigenvalue weighted by molar-refractivity contribution is 8.90. The van der Waals surface area contributed by atoms with Crippen LogP contribution in [0.3, 0.4) is 0 Å². The molecular weight excluding hydrogens is 433 g/mol. The summed E-state index contributed by atoms with van der Waals surface area (Å²) in [5, 5.41) is 0.0630. The van der Waals surface area contributed by atoms with Gasteiger partial charge in [0.05, 0.1) is 12.9 Å². The molecule has 0 heterocycles. The summed E-state index contributed by atoms with van der Waals surface area (Å²) in [5.41, 5.74) is -1.77. The third kappa shape index (κ3) is 10.3. The fourth-order valence-corrected chi connectivity index (χ4v) is 14.1. The first kappa shape index (κ1) is 25.5. The Hall–Kier alpha value is -0.560. The van der Waals surface area contributed by atoms with E-state index in [4.69, 9.17) is 4.74 Å². The Morgan fingerprint density at radius 2 is 1.64 bits per heavy atom. The zero-order valence-corrected chi connectivity index (χ0v) is 20.5. The molecule has 0 spiro atoms. The third-order valence-electron chi connectivity index (χ3n) is 3.18. The lowest BCUT2D eigenvalue weighted by atomic mass is 10.2. The van der Waals surface area contributed by atoms with Crippen LogP contribution in [-0.4, -0.2) is 46.0 Å². The van der Waals surface area contributed by atoms with E-state index in [1.165, 1.54) is 27.7 Å². The molecule has 0 aliphatic heterocycles. The summed E-state index contributed by atoms with van der Waals surface area (Å²) in [7, 11) is 0. The topological polar surface area (TPSA) is 63.7 Å². The van der Waals surface area contributed by atoms with E-state index in [0.717, 1.165) is 17.3 Å². The van der Waals surface area contributed by atoms with Crippen LogP contribution in [0.1, 0.15) is 40.2 Å². The molecule has 0 aliphatic rings. The van der Waals surface area contributed by atoms with Gasteiger partial charge >= 0.3 is 5.97 Å². The van der Waals surface area contributed by atoms with Crippen molar-refractivity contribution in [2.45, 2.75) is 50.9 Å². The number of esters is 1. The Morgan fingerprint density at radius 1 is 1.07 bits per heavy atom. The molecule has 0 aliphatic carbocycles. The second-order valence-corrected chi connectivity index (χ2v) is 16.8. The van der Waals surface area contributed by atoms with E-state index in [-0.39, 0.29) is 35.2 Å².